The normalized spacial score (nSPS) is 11.4. The van der Waals surface area contributed by atoms with E-state index in [1.807, 2.05) is 29.2 Å². The molecule has 27 heavy (non-hydrogen) atoms. The first kappa shape index (κ1) is 19.3. The van der Waals surface area contributed by atoms with Crippen molar-refractivity contribution in [1.82, 2.24) is 20.2 Å². The van der Waals surface area contributed by atoms with E-state index in [4.69, 9.17) is 23.2 Å². The number of imidazole rings is 1. The summed E-state index contributed by atoms with van der Waals surface area (Å²) in [5.41, 5.74) is 3.37. The lowest BCUT2D eigenvalue weighted by molar-refractivity contribution is 0.787. The van der Waals surface area contributed by atoms with Crippen molar-refractivity contribution in [3.05, 3.63) is 87.9 Å². The Bertz CT molecular complexity index is 906. The molecule has 3 aromatic rings. The summed E-state index contributed by atoms with van der Waals surface area (Å²) >= 11 is 12.1. The molecule has 0 atom stereocenters. The van der Waals surface area contributed by atoms with Crippen molar-refractivity contribution in [2.45, 2.75) is 19.6 Å². The molecular formula is C20H21Cl2N5. The summed E-state index contributed by atoms with van der Waals surface area (Å²) in [6.45, 7) is 2.04. The second-order valence-electron chi connectivity index (χ2n) is 6.07. The van der Waals surface area contributed by atoms with Gasteiger partial charge in [0.1, 0.15) is 0 Å². The maximum absolute atomic E-state index is 6.21. The van der Waals surface area contributed by atoms with E-state index in [-0.39, 0.29) is 0 Å². The Morgan fingerprint density at radius 2 is 1.89 bits per heavy atom. The van der Waals surface area contributed by atoms with Gasteiger partial charge < -0.3 is 15.2 Å². The predicted molar refractivity (Wildman–Crippen MR) is 111 cm³/mol. The quantitative estimate of drug-likeness (QED) is 0.482. The fraction of sp³-hybridized carbons (Fsp3) is 0.200. The maximum atomic E-state index is 6.21. The number of hydrogen-bond acceptors (Lipinski definition) is 2. The Morgan fingerprint density at radius 3 is 2.63 bits per heavy atom. The molecule has 0 spiro atoms. The monoisotopic (exact) mass is 401 g/mol. The van der Waals surface area contributed by atoms with Gasteiger partial charge in [-0.1, -0.05) is 53.5 Å². The number of benzene rings is 2. The average Bonchev–Trinajstić information content (AvgIpc) is 3.16. The third-order valence-electron chi connectivity index (χ3n) is 4.06. The lowest BCUT2D eigenvalue weighted by Crippen LogP contribution is -2.36. The van der Waals surface area contributed by atoms with Gasteiger partial charge in [-0.2, -0.15) is 0 Å². The standard InChI is InChI=1S/C20H21Cl2N5/c1-23-20(26-12-17-5-6-18(21)10-19(17)22)25-11-15-3-2-4-16(9-15)13-27-8-7-24-14-27/h2-10,14H,11-13H2,1H3,(H2,23,25,26). The zero-order chi connectivity index (χ0) is 19.1. The number of nitrogens with zero attached hydrogens (tertiary/aromatic N) is 3. The zero-order valence-electron chi connectivity index (χ0n) is 15.0. The first-order chi connectivity index (χ1) is 13.1. The molecule has 1 aromatic heterocycles. The summed E-state index contributed by atoms with van der Waals surface area (Å²) in [7, 11) is 1.74. The van der Waals surface area contributed by atoms with E-state index >= 15 is 0 Å². The van der Waals surface area contributed by atoms with Crippen molar-refractivity contribution in [1.29, 1.82) is 0 Å². The third kappa shape index (κ3) is 5.74. The van der Waals surface area contributed by atoms with E-state index in [1.165, 1.54) is 11.1 Å². The van der Waals surface area contributed by atoms with Crippen LogP contribution in [0.5, 0.6) is 0 Å². The SMILES string of the molecule is CN=C(NCc1cccc(Cn2ccnc2)c1)NCc1ccc(Cl)cc1Cl. The molecule has 5 nitrogen and oxygen atoms in total. The number of halogens is 2. The number of aliphatic imine (C=N–C) groups is 1. The molecule has 3 rings (SSSR count). The lowest BCUT2D eigenvalue weighted by Gasteiger charge is -2.13. The Hall–Kier alpha value is -2.50. The Kier molecular flexibility index (Phi) is 6.74. The molecule has 0 aliphatic rings. The van der Waals surface area contributed by atoms with Gasteiger partial charge in [-0.05, 0) is 28.8 Å². The van der Waals surface area contributed by atoms with Gasteiger partial charge in [0.2, 0.25) is 0 Å². The Labute approximate surface area is 169 Å². The summed E-state index contributed by atoms with van der Waals surface area (Å²) in [6, 6.07) is 13.9. The minimum atomic E-state index is 0.566. The van der Waals surface area contributed by atoms with Crippen LogP contribution >= 0.6 is 23.2 Å². The van der Waals surface area contributed by atoms with Gasteiger partial charge in [0.25, 0.3) is 0 Å². The van der Waals surface area contributed by atoms with Gasteiger partial charge in [0.15, 0.2) is 5.96 Å². The van der Waals surface area contributed by atoms with Crippen LogP contribution in [-0.4, -0.2) is 22.6 Å². The first-order valence-corrected chi connectivity index (χ1v) is 9.31. The number of guanidine groups is 1. The van der Waals surface area contributed by atoms with E-state index in [0.717, 1.165) is 12.1 Å². The molecule has 0 unspecified atom stereocenters. The van der Waals surface area contributed by atoms with Gasteiger partial charge in [0, 0.05) is 49.1 Å². The molecule has 2 N–H and O–H groups in total. The molecule has 0 bridgehead atoms. The largest absolute Gasteiger partial charge is 0.352 e. The van der Waals surface area contributed by atoms with Gasteiger partial charge in [-0.15, -0.1) is 0 Å². The highest BCUT2D eigenvalue weighted by molar-refractivity contribution is 6.35. The van der Waals surface area contributed by atoms with Crippen molar-refractivity contribution >= 4 is 29.2 Å². The van der Waals surface area contributed by atoms with Crippen LogP contribution in [0.1, 0.15) is 16.7 Å². The molecule has 0 amide bonds. The highest BCUT2D eigenvalue weighted by Crippen LogP contribution is 2.20. The van der Waals surface area contributed by atoms with E-state index in [2.05, 4.69) is 44.9 Å². The molecule has 0 aliphatic heterocycles. The highest BCUT2D eigenvalue weighted by atomic mass is 35.5. The fourth-order valence-corrected chi connectivity index (χ4v) is 3.15. The number of rotatable bonds is 6. The fourth-order valence-electron chi connectivity index (χ4n) is 2.68. The van der Waals surface area contributed by atoms with Crippen LogP contribution in [0.4, 0.5) is 0 Å². The summed E-state index contributed by atoms with van der Waals surface area (Å²) in [4.78, 5) is 8.34. The van der Waals surface area contributed by atoms with E-state index < -0.39 is 0 Å². The van der Waals surface area contributed by atoms with Crippen molar-refractivity contribution in [3.8, 4) is 0 Å². The van der Waals surface area contributed by atoms with Crippen LogP contribution in [0.3, 0.4) is 0 Å². The second kappa shape index (κ2) is 9.44. The molecule has 0 saturated heterocycles. The minimum absolute atomic E-state index is 0.566. The minimum Gasteiger partial charge on any atom is -0.352 e. The van der Waals surface area contributed by atoms with Crippen LogP contribution in [0.15, 0.2) is 66.2 Å². The number of hydrogen-bond donors (Lipinski definition) is 2. The lowest BCUT2D eigenvalue weighted by atomic mass is 10.1. The van der Waals surface area contributed by atoms with Crippen molar-refractivity contribution in [2.24, 2.45) is 4.99 Å². The predicted octanol–water partition coefficient (Wildman–Crippen LogP) is 4.10. The number of nitrogens with one attached hydrogen (secondary N) is 2. The summed E-state index contributed by atoms with van der Waals surface area (Å²) in [5.74, 6) is 0.709. The Balaban J connectivity index is 1.54. The van der Waals surface area contributed by atoms with Crippen molar-refractivity contribution < 1.29 is 0 Å². The summed E-state index contributed by atoms with van der Waals surface area (Å²) in [5, 5.41) is 7.85. The average molecular weight is 402 g/mol. The van der Waals surface area contributed by atoms with Gasteiger partial charge in [-0.25, -0.2) is 4.98 Å². The molecule has 2 aromatic carbocycles. The zero-order valence-corrected chi connectivity index (χ0v) is 16.5. The van der Waals surface area contributed by atoms with Crippen LogP contribution in [0.2, 0.25) is 10.0 Å². The van der Waals surface area contributed by atoms with E-state index in [0.29, 0.717) is 29.1 Å². The molecule has 0 saturated carbocycles. The molecule has 0 fully saturated rings. The second-order valence-corrected chi connectivity index (χ2v) is 6.91. The molecule has 7 heteroatoms. The molecule has 1 heterocycles. The van der Waals surface area contributed by atoms with Crippen molar-refractivity contribution in [3.63, 3.8) is 0 Å². The van der Waals surface area contributed by atoms with Gasteiger partial charge in [0.05, 0.1) is 6.33 Å². The maximum Gasteiger partial charge on any atom is 0.191 e. The number of aromatic nitrogens is 2. The van der Waals surface area contributed by atoms with Crippen LogP contribution in [-0.2, 0) is 19.6 Å². The van der Waals surface area contributed by atoms with Crippen LogP contribution in [0.25, 0.3) is 0 Å². The first-order valence-electron chi connectivity index (χ1n) is 8.56. The molecular weight excluding hydrogens is 381 g/mol. The Morgan fingerprint density at radius 1 is 1.07 bits per heavy atom. The van der Waals surface area contributed by atoms with E-state index in [9.17, 15) is 0 Å². The molecule has 0 radical (unpaired) electrons. The molecule has 140 valence electrons. The topological polar surface area (TPSA) is 54.2 Å². The van der Waals surface area contributed by atoms with Gasteiger partial charge in [-0.3, -0.25) is 4.99 Å². The van der Waals surface area contributed by atoms with Crippen LogP contribution in [0, 0.1) is 0 Å². The highest BCUT2D eigenvalue weighted by Gasteiger charge is 2.04. The van der Waals surface area contributed by atoms with E-state index in [1.54, 1.807) is 19.3 Å². The summed E-state index contributed by atoms with van der Waals surface area (Å²) < 4.78 is 2.04. The third-order valence-corrected chi connectivity index (χ3v) is 4.65. The van der Waals surface area contributed by atoms with Gasteiger partial charge >= 0.3 is 0 Å². The molecule has 0 aliphatic carbocycles. The van der Waals surface area contributed by atoms with Crippen LogP contribution < -0.4 is 10.6 Å². The smallest absolute Gasteiger partial charge is 0.191 e. The van der Waals surface area contributed by atoms with Crippen molar-refractivity contribution in [2.75, 3.05) is 7.05 Å². The summed E-state index contributed by atoms with van der Waals surface area (Å²) in [6.07, 6.45) is 5.56.